The highest BCUT2D eigenvalue weighted by Gasteiger charge is 2.15. The molecule has 1 aromatic rings. The normalized spacial score (nSPS) is 19.2. The molecular formula is C12H21N3O2. The lowest BCUT2D eigenvalue weighted by Crippen LogP contribution is -2.39. The third-order valence-corrected chi connectivity index (χ3v) is 2.95. The molecule has 0 radical (unpaired) electrons. The zero-order valence-electron chi connectivity index (χ0n) is 10.6. The van der Waals surface area contributed by atoms with E-state index in [2.05, 4.69) is 16.9 Å². The van der Waals surface area contributed by atoms with E-state index < -0.39 is 0 Å². The van der Waals surface area contributed by atoms with Crippen molar-refractivity contribution in [2.75, 3.05) is 39.5 Å². The SMILES string of the molecule is CCOc1ccn(C(C)CN2CCOCC2)n1. The van der Waals surface area contributed by atoms with E-state index in [9.17, 15) is 0 Å². The molecule has 2 heterocycles. The van der Waals surface area contributed by atoms with Crippen molar-refractivity contribution in [1.82, 2.24) is 14.7 Å². The lowest BCUT2D eigenvalue weighted by molar-refractivity contribution is 0.0318. The molecule has 1 unspecified atom stereocenters. The minimum Gasteiger partial charge on any atom is -0.477 e. The predicted octanol–water partition coefficient (Wildman–Crippen LogP) is 1.17. The fourth-order valence-corrected chi connectivity index (χ4v) is 2.03. The molecule has 1 saturated heterocycles. The van der Waals surface area contributed by atoms with E-state index in [1.807, 2.05) is 23.9 Å². The Bertz CT molecular complexity index is 334. The minimum atomic E-state index is 0.363. The molecule has 0 aromatic carbocycles. The van der Waals surface area contributed by atoms with Crippen LogP contribution in [0.15, 0.2) is 12.3 Å². The molecule has 0 N–H and O–H groups in total. The Hall–Kier alpha value is -1.07. The van der Waals surface area contributed by atoms with Crippen LogP contribution < -0.4 is 4.74 Å². The molecule has 17 heavy (non-hydrogen) atoms. The van der Waals surface area contributed by atoms with Gasteiger partial charge in [-0.05, 0) is 13.8 Å². The Morgan fingerprint density at radius 1 is 1.47 bits per heavy atom. The van der Waals surface area contributed by atoms with Gasteiger partial charge >= 0.3 is 0 Å². The molecule has 0 aliphatic carbocycles. The molecule has 0 bridgehead atoms. The first-order valence-electron chi connectivity index (χ1n) is 6.27. The summed E-state index contributed by atoms with van der Waals surface area (Å²) in [4.78, 5) is 2.41. The molecule has 96 valence electrons. The van der Waals surface area contributed by atoms with Gasteiger partial charge in [0.15, 0.2) is 0 Å². The van der Waals surface area contributed by atoms with Gasteiger partial charge in [0.2, 0.25) is 5.88 Å². The molecule has 1 aliphatic rings. The van der Waals surface area contributed by atoms with Crippen LogP contribution in [0.2, 0.25) is 0 Å². The van der Waals surface area contributed by atoms with Crippen molar-refractivity contribution < 1.29 is 9.47 Å². The van der Waals surface area contributed by atoms with Crippen LogP contribution in [0.4, 0.5) is 0 Å². The van der Waals surface area contributed by atoms with E-state index in [1.54, 1.807) is 0 Å². The molecule has 1 fully saturated rings. The second-order valence-corrected chi connectivity index (χ2v) is 4.33. The Morgan fingerprint density at radius 2 is 2.24 bits per heavy atom. The monoisotopic (exact) mass is 239 g/mol. The number of nitrogens with zero attached hydrogens (tertiary/aromatic N) is 3. The number of morpholine rings is 1. The summed E-state index contributed by atoms with van der Waals surface area (Å²) in [5.41, 5.74) is 0. The van der Waals surface area contributed by atoms with E-state index in [0.29, 0.717) is 18.5 Å². The zero-order chi connectivity index (χ0) is 12.1. The van der Waals surface area contributed by atoms with Crippen molar-refractivity contribution in [3.05, 3.63) is 12.3 Å². The van der Waals surface area contributed by atoms with Crippen molar-refractivity contribution in [3.8, 4) is 5.88 Å². The fraction of sp³-hybridized carbons (Fsp3) is 0.750. The van der Waals surface area contributed by atoms with Crippen LogP contribution in [0.3, 0.4) is 0 Å². The maximum absolute atomic E-state index is 5.36. The van der Waals surface area contributed by atoms with Gasteiger partial charge in [-0.15, -0.1) is 5.10 Å². The third kappa shape index (κ3) is 3.44. The molecule has 5 heteroatoms. The first kappa shape index (κ1) is 12.4. The second-order valence-electron chi connectivity index (χ2n) is 4.33. The van der Waals surface area contributed by atoms with Crippen molar-refractivity contribution in [2.24, 2.45) is 0 Å². The topological polar surface area (TPSA) is 39.5 Å². The van der Waals surface area contributed by atoms with Crippen LogP contribution in [0, 0.1) is 0 Å². The summed E-state index contributed by atoms with van der Waals surface area (Å²) >= 11 is 0. The Kier molecular flexibility index (Phi) is 4.39. The number of hydrogen-bond donors (Lipinski definition) is 0. The van der Waals surface area contributed by atoms with Crippen LogP contribution in [0.5, 0.6) is 5.88 Å². The number of rotatable bonds is 5. The average Bonchev–Trinajstić information content (AvgIpc) is 2.79. The van der Waals surface area contributed by atoms with Gasteiger partial charge < -0.3 is 9.47 Å². The average molecular weight is 239 g/mol. The molecule has 5 nitrogen and oxygen atoms in total. The maximum atomic E-state index is 5.36. The van der Waals surface area contributed by atoms with Crippen LogP contribution in [0.25, 0.3) is 0 Å². The van der Waals surface area contributed by atoms with Crippen LogP contribution >= 0.6 is 0 Å². The summed E-state index contributed by atoms with van der Waals surface area (Å²) in [5, 5.41) is 4.40. The number of ether oxygens (including phenoxy) is 2. The van der Waals surface area contributed by atoms with Crippen LogP contribution in [-0.2, 0) is 4.74 Å². The van der Waals surface area contributed by atoms with Gasteiger partial charge in [-0.2, -0.15) is 0 Å². The van der Waals surface area contributed by atoms with Gasteiger partial charge in [0, 0.05) is 31.9 Å². The molecule has 1 aliphatic heterocycles. The lowest BCUT2D eigenvalue weighted by atomic mass is 10.3. The first-order chi connectivity index (χ1) is 8.29. The first-order valence-corrected chi connectivity index (χ1v) is 6.27. The van der Waals surface area contributed by atoms with Crippen molar-refractivity contribution in [3.63, 3.8) is 0 Å². The Balaban J connectivity index is 1.86. The molecule has 1 atom stereocenters. The van der Waals surface area contributed by atoms with Gasteiger partial charge in [-0.25, -0.2) is 0 Å². The zero-order valence-corrected chi connectivity index (χ0v) is 10.6. The maximum Gasteiger partial charge on any atom is 0.232 e. The second kappa shape index (κ2) is 6.02. The number of hydrogen-bond acceptors (Lipinski definition) is 4. The minimum absolute atomic E-state index is 0.363. The molecule has 0 saturated carbocycles. The van der Waals surface area contributed by atoms with Crippen molar-refractivity contribution in [2.45, 2.75) is 19.9 Å². The molecular weight excluding hydrogens is 218 g/mol. The Labute approximate surface area is 102 Å². The summed E-state index contributed by atoms with van der Waals surface area (Å²) in [7, 11) is 0. The third-order valence-electron chi connectivity index (χ3n) is 2.95. The number of aromatic nitrogens is 2. The summed E-state index contributed by atoms with van der Waals surface area (Å²) in [5.74, 6) is 0.710. The van der Waals surface area contributed by atoms with Gasteiger partial charge in [0.1, 0.15) is 0 Å². The molecule has 0 amide bonds. The highest BCUT2D eigenvalue weighted by Crippen LogP contribution is 2.13. The van der Waals surface area contributed by atoms with Crippen molar-refractivity contribution in [1.29, 1.82) is 0 Å². The van der Waals surface area contributed by atoms with E-state index >= 15 is 0 Å². The van der Waals surface area contributed by atoms with Crippen LogP contribution in [-0.4, -0.2) is 54.1 Å². The molecule has 2 rings (SSSR count). The summed E-state index contributed by atoms with van der Waals surface area (Å²) in [6, 6.07) is 2.28. The molecule has 0 spiro atoms. The fourth-order valence-electron chi connectivity index (χ4n) is 2.03. The van der Waals surface area contributed by atoms with E-state index in [0.717, 1.165) is 32.8 Å². The highest BCUT2D eigenvalue weighted by molar-refractivity contribution is 5.06. The van der Waals surface area contributed by atoms with E-state index in [1.165, 1.54) is 0 Å². The smallest absolute Gasteiger partial charge is 0.232 e. The lowest BCUT2D eigenvalue weighted by Gasteiger charge is -2.29. The van der Waals surface area contributed by atoms with Gasteiger partial charge in [-0.1, -0.05) is 0 Å². The summed E-state index contributed by atoms with van der Waals surface area (Å²) in [6.07, 6.45) is 1.98. The van der Waals surface area contributed by atoms with E-state index in [4.69, 9.17) is 9.47 Å². The largest absolute Gasteiger partial charge is 0.477 e. The quantitative estimate of drug-likeness (QED) is 0.773. The Morgan fingerprint density at radius 3 is 2.94 bits per heavy atom. The van der Waals surface area contributed by atoms with Gasteiger partial charge in [-0.3, -0.25) is 9.58 Å². The predicted molar refractivity (Wildman–Crippen MR) is 65.4 cm³/mol. The van der Waals surface area contributed by atoms with Crippen LogP contribution in [0.1, 0.15) is 19.9 Å². The van der Waals surface area contributed by atoms with Crippen molar-refractivity contribution >= 4 is 0 Å². The van der Waals surface area contributed by atoms with Gasteiger partial charge in [0.25, 0.3) is 0 Å². The summed E-state index contributed by atoms with van der Waals surface area (Å²) < 4.78 is 12.7. The standard InChI is InChI=1S/C12H21N3O2/c1-3-17-12-4-5-15(13-12)11(2)10-14-6-8-16-9-7-14/h4-5,11H,3,6-10H2,1-2H3. The van der Waals surface area contributed by atoms with Gasteiger partial charge in [0.05, 0.1) is 25.9 Å². The molecule has 1 aromatic heterocycles. The van der Waals surface area contributed by atoms with E-state index in [-0.39, 0.29) is 0 Å². The summed E-state index contributed by atoms with van der Waals surface area (Å²) in [6.45, 7) is 9.54. The highest BCUT2D eigenvalue weighted by atomic mass is 16.5.